The zero-order valence-corrected chi connectivity index (χ0v) is 11.1. The fourth-order valence-corrected chi connectivity index (χ4v) is 1.09. The SMILES string of the molecule is ClCl.O=S(=O)(O)c1ccccc1.[H-].[Na+]. The number of rotatable bonds is 1. The summed E-state index contributed by atoms with van der Waals surface area (Å²) in [5.74, 6) is 0. The smallest absolute Gasteiger partial charge is 1.00 e. The molecule has 0 saturated heterocycles. The van der Waals surface area contributed by atoms with E-state index >= 15 is 0 Å². The van der Waals surface area contributed by atoms with Crippen LogP contribution in [0.15, 0.2) is 35.2 Å². The van der Waals surface area contributed by atoms with Crippen LogP contribution in [0, 0.1) is 0 Å². The van der Waals surface area contributed by atoms with Gasteiger partial charge in [-0.3, -0.25) is 4.55 Å². The molecule has 0 bridgehead atoms. The standard InChI is InChI=1S/C6H6O3S.Cl2.Na.H/c7-10(8,9)6-4-2-1-3-5-6;1-2;;/h1-5H,(H,7,8,9);;;/q;;+1;-1. The van der Waals surface area contributed by atoms with Gasteiger partial charge in [-0.1, -0.05) is 18.2 Å². The molecule has 0 radical (unpaired) electrons. The second kappa shape index (κ2) is 8.05. The monoisotopic (exact) mass is 252 g/mol. The van der Waals surface area contributed by atoms with Crippen LogP contribution in [0.4, 0.5) is 0 Å². The molecule has 0 spiro atoms. The Morgan fingerprint density at radius 3 is 1.77 bits per heavy atom. The summed E-state index contributed by atoms with van der Waals surface area (Å²) in [5.41, 5.74) is 0. The van der Waals surface area contributed by atoms with Gasteiger partial charge in [0.15, 0.2) is 0 Å². The molecule has 70 valence electrons. The van der Waals surface area contributed by atoms with Crippen molar-refractivity contribution in [3.05, 3.63) is 30.3 Å². The van der Waals surface area contributed by atoms with Gasteiger partial charge in [-0.05, 0) is 12.1 Å². The van der Waals surface area contributed by atoms with E-state index in [4.69, 9.17) is 4.55 Å². The van der Waals surface area contributed by atoms with Gasteiger partial charge in [0.1, 0.15) is 0 Å². The molecule has 0 amide bonds. The third-order valence-corrected chi connectivity index (χ3v) is 1.91. The van der Waals surface area contributed by atoms with Gasteiger partial charge in [-0.2, -0.15) is 8.42 Å². The van der Waals surface area contributed by atoms with E-state index < -0.39 is 10.1 Å². The van der Waals surface area contributed by atoms with Gasteiger partial charge >= 0.3 is 29.6 Å². The molecule has 1 N–H and O–H groups in total. The van der Waals surface area contributed by atoms with Crippen molar-refractivity contribution in [3.63, 3.8) is 0 Å². The van der Waals surface area contributed by atoms with Crippen molar-refractivity contribution in [1.29, 1.82) is 0 Å². The Hall–Kier alpha value is 0.710. The Kier molecular flexibility index (Phi) is 10.0. The maximum absolute atomic E-state index is 10.4. The molecule has 0 aliphatic heterocycles. The molecule has 0 aromatic heterocycles. The van der Waals surface area contributed by atoms with Crippen molar-refractivity contribution < 1.29 is 44.0 Å². The third kappa shape index (κ3) is 6.74. The van der Waals surface area contributed by atoms with Crippen molar-refractivity contribution in [2.75, 3.05) is 0 Å². The molecule has 0 atom stereocenters. The van der Waals surface area contributed by atoms with Crippen LogP contribution in [-0.2, 0) is 10.1 Å². The van der Waals surface area contributed by atoms with Crippen molar-refractivity contribution >= 4 is 31.8 Å². The van der Waals surface area contributed by atoms with Crippen LogP contribution >= 0.6 is 21.7 Å². The molecule has 0 aliphatic carbocycles. The van der Waals surface area contributed by atoms with Crippen molar-refractivity contribution in [2.24, 2.45) is 0 Å². The number of hydrogen-bond donors (Lipinski definition) is 1. The Morgan fingerprint density at radius 2 is 1.54 bits per heavy atom. The molecule has 0 aliphatic rings. The molecule has 0 heterocycles. The predicted octanol–water partition coefficient (Wildman–Crippen LogP) is -0.571. The van der Waals surface area contributed by atoms with Gasteiger partial charge in [0.25, 0.3) is 10.1 Å². The van der Waals surface area contributed by atoms with Crippen LogP contribution in [0.25, 0.3) is 0 Å². The van der Waals surface area contributed by atoms with E-state index in [1.165, 1.54) is 12.1 Å². The average molecular weight is 253 g/mol. The van der Waals surface area contributed by atoms with E-state index in [2.05, 4.69) is 21.7 Å². The van der Waals surface area contributed by atoms with E-state index in [1.54, 1.807) is 18.2 Å². The summed E-state index contributed by atoms with van der Waals surface area (Å²) >= 11 is 0. The van der Waals surface area contributed by atoms with Crippen LogP contribution in [-0.4, -0.2) is 13.0 Å². The number of hydrogen-bond acceptors (Lipinski definition) is 2. The summed E-state index contributed by atoms with van der Waals surface area (Å²) in [5, 5.41) is 0. The minimum atomic E-state index is -4.00. The summed E-state index contributed by atoms with van der Waals surface area (Å²) < 4.78 is 29.2. The maximum Gasteiger partial charge on any atom is 1.00 e. The maximum atomic E-state index is 10.4. The molecule has 1 rings (SSSR count). The first-order valence-corrected chi connectivity index (χ1v) is 5.36. The fourth-order valence-electron chi connectivity index (χ4n) is 0.592. The van der Waals surface area contributed by atoms with E-state index in [0.29, 0.717) is 0 Å². The van der Waals surface area contributed by atoms with E-state index in [0.717, 1.165) is 0 Å². The van der Waals surface area contributed by atoms with Gasteiger partial charge in [0, 0.05) is 21.7 Å². The average Bonchev–Trinajstić information content (AvgIpc) is 2.08. The van der Waals surface area contributed by atoms with E-state index in [1.807, 2.05) is 0 Å². The number of benzene rings is 1. The molecular weight excluding hydrogens is 246 g/mol. The molecule has 1 aromatic rings. The Labute approximate surface area is 110 Å². The summed E-state index contributed by atoms with van der Waals surface area (Å²) in [6.45, 7) is 0. The molecule has 13 heavy (non-hydrogen) atoms. The Bertz CT molecular complexity index is 319. The van der Waals surface area contributed by atoms with E-state index in [-0.39, 0.29) is 35.9 Å². The summed E-state index contributed by atoms with van der Waals surface area (Å²) in [6.07, 6.45) is 0. The van der Waals surface area contributed by atoms with Gasteiger partial charge < -0.3 is 1.43 Å². The topological polar surface area (TPSA) is 54.4 Å². The Balaban J connectivity index is -0.000000284. The second-order valence-corrected chi connectivity index (χ2v) is 3.21. The van der Waals surface area contributed by atoms with Gasteiger partial charge in [0.2, 0.25) is 0 Å². The Morgan fingerprint density at radius 1 is 1.15 bits per heavy atom. The first-order valence-electron chi connectivity index (χ1n) is 2.77. The summed E-state index contributed by atoms with van der Waals surface area (Å²) in [6, 6.07) is 7.42. The van der Waals surface area contributed by atoms with Crippen LogP contribution in [0.3, 0.4) is 0 Å². The van der Waals surface area contributed by atoms with Crippen LogP contribution in [0.2, 0.25) is 0 Å². The van der Waals surface area contributed by atoms with Crippen molar-refractivity contribution in [1.82, 2.24) is 0 Å². The quantitative estimate of drug-likeness (QED) is 0.538. The summed E-state index contributed by atoms with van der Waals surface area (Å²) in [7, 11) is 4.22. The van der Waals surface area contributed by atoms with Crippen LogP contribution < -0.4 is 29.6 Å². The molecule has 0 unspecified atom stereocenters. The second-order valence-electron chi connectivity index (χ2n) is 1.79. The summed E-state index contributed by atoms with van der Waals surface area (Å²) in [4.78, 5) is -0.0741. The minimum Gasteiger partial charge on any atom is -1.00 e. The normalized spacial score (nSPS) is 9.15. The van der Waals surface area contributed by atoms with Crippen molar-refractivity contribution in [2.45, 2.75) is 4.90 Å². The van der Waals surface area contributed by atoms with E-state index in [9.17, 15) is 8.42 Å². The van der Waals surface area contributed by atoms with Crippen LogP contribution in [0.1, 0.15) is 1.43 Å². The molecule has 3 nitrogen and oxygen atoms in total. The zero-order valence-electron chi connectivity index (χ0n) is 7.81. The molecule has 0 fully saturated rings. The van der Waals surface area contributed by atoms with Gasteiger partial charge in [-0.25, -0.2) is 0 Å². The number of halogens is 2. The molecule has 0 saturated carbocycles. The predicted molar refractivity (Wildman–Crippen MR) is 49.1 cm³/mol. The third-order valence-electron chi connectivity index (χ3n) is 1.04. The molecular formula is C6H7Cl2NaO3S. The molecule has 7 heteroatoms. The molecule has 1 aromatic carbocycles. The first kappa shape index (κ1) is 16.2. The van der Waals surface area contributed by atoms with Crippen molar-refractivity contribution in [3.8, 4) is 0 Å². The van der Waals surface area contributed by atoms with Crippen LogP contribution in [0.5, 0.6) is 0 Å². The first-order chi connectivity index (χ1) is 5.61. The fraction of sp³-hybridized carbons (Fsp3) is 0. The van der Waals surface area contributed by atoms with Gasteiger partial charge in [0.05, 0.1) is 4.90 Å². The zero-order chi connectivity index (χ0) is 9.61. The van der Waals surface area contributed by atoms with Gasteiger partial charge in [-0.15, -0.1) is 0 Å². The minimum absolute atomic E-state index is 0. The largest absolute Gasteiger partial charge is 1.00 e.